The number of rotatable bonds is 28. The zero-order valence-electron chi connectivity index (χ0n) is 34.0. The topological polar surface area (TPSA) is 326 Å². The Morgan fingerprint density at radius 2 is 1.18 bits per heavy atom. The van der Waals surface area contributed by atoms with Gasteiger partial charge in [-0.3, -0.25) is 34.2 Å². The lowest BCUT2D eigenvalue weighted by molar-refractivity contribution is -0.141. The van der Waals surface area contributed by atoms with Gasteiger partial charge in [-0.05, 0) is 74.4 Å². The summed E-state index contributed by atoms with van der Waals surface area (Å²) in [5.74, 6) is -3.95. The van der Waals surface area contributed by atoms with Crippen molar-refractivity contribution >= 4 is 71.8 Å². The molecule has 0 aliphatic carbocycles. The molecule has 21 heteroatoms. The number of nitrogens with two attached hydrogens (primary N) is 2. The van der Waals surface area contributed by atoms with Crippen LogP contribution < -0.4 is 48.9 Å². The maximum atomic E-state index is 12.7. The minimum absolute atomic E-state index is 0.0168. The number of urea groups is 1. The molecule has 61 heavy (non-hydrogen) atoms. The molecule has 334 valence electrons. The number of carbonyl (C=O) groups excluding carboxylic acids is 6. The van der Waals surface area contributed by atoms with Crippen LogP contribution in [0.1, 0.15) is 116 Å². The molecular weight excluding hydrogens is 813 g/mol. The van der Waals surface area contributed by atoms with Crippen LogP contribution >= 0.6 is 12.6 Å². The van der Waals surface area contributed by atoms with Crippen LogP contribution in [0.4, 0.5) is 10.5 Å². The zero-order chi connectivity index (χ0) is 45.0. The van der Waals surface area contributed by atoms with Crippen LogP contribution in [-0.2, 0) is 24.0 Å². The van der Waals surface area contributed by atoms with Crippen LogP contribution in [0, 0.1) is 0 Å². The van der Waals surface area contributed by atoms with Gasteiger partial charge in [0.05, 0.1) is 18.2 Å². The lowest BCUT2D eigenvalue weighted by Crippen LogP contribution is -2.48. The van der Waals surface area contributed by atoms with Crippen LogP contribution in [-0.4, -0.2) is 95.1 Å². The number of hydrogen-bond donors (Lipinski definition) is 12. The van der Waals surface area contributed by atoms with Gasteiger partial charge in [0.15, 0.2) is 5.96 Å². The SMILES string of the molecule is NC(N)=Nc1cccc(C(=O)NNC(=O)N[C@@H](CC(=O)O)c2ccc(C(=O)NCCCCCC(=O)NCCCCCC(=O)NCCCCCC(=O)N[C@H](CS)C(=O)O)cc2)c1. The molecule has 0 aliphatic rings. The third-order valence-electron chi connectivity index (χ3n) is 8.90. The van der Waals surface area contributed by atoms with Crippen LogP contribution in [0.3, 0.4) is 0 Å². The third kappa shape index (κ3) is 22.5. The fraction of sp³-hybridized carbons (Fsp3) is 0.475. The van der Waals surface area contributed by atoms with Gasteiger partial charge in [0, 0.05) is 55.8 Å². The van der Waals surface area contributed by atoms with E-state index < -0.39 is 42.4 Å². The van der Waals surface area contributed by atoms with E-state index in [9.17, 15) is 43.5 Å². The molecule has 0 heterocycles. The highest BCUT2D eigenvalue weighted by atomic mass is 32.1. The number of carboxylic acid groups (broad SMARTS) is 2. The van der Waals surface area contributed by atoms with E-state index in [0.29, 0.717) is 81.4 Å². The van der Waals surface area contributed by atoms with Crippen molar-refractivity contribution in [1.29, 1.82) is 0 Å². The molecule has 0 fully saturated rings. The van der Waals surface area contributed by atoms with Gasteiger partial charge in [-0.2, -0.15) is 12.6 Å². The fourth-order valence-corrected chi connectivity index (χ4v) is 5.94. The van der Waals surface area contributed by atoms with Crippen molar-refractivity contribution in [1.82, 2.24) is 37.4 Å². The van der Waals surface area contributed by atoms with E-state index in [1.807, 2.05) is 0 Å². The summed E-state index contributed by atoms with van der Waals surface area (Å²) in [5.41, 5.74) is 16.3. The minimum atomic E-state index is -1.19. The number of aliphatic imine (C=N–C) groups is 1. The first-order chi connectivity index (χ1) is 29.2. The van der Waals surface area contributed by atoms with Gasteiger partial charge < -0.3 is 48.3 Å². The Bertz CT molecular complexity index is 1810. The molecule has 0 saturated carbocycles. The molecule has 0 saturated heterocycles. The number of benzene rings is 2. The molecule has 2 rings (SSSR count). The summed E-state index contributed by atoms with van der Waals surface area (Å²) in [7, 11) is 0. The van der Waals surface area contributed by atoms with E-state index in [-0.39, 0.29) is 47.3 Å². The molecule has 0 spiro atoms. The molecule has 0 radical (unpaired) electrons. The first kappa shape index (κ1) is 50.8. The molecule has 0 unspecified atom stereocenters. The lowest BCUT2D eigenvalue weighted by Gasteiger charge is -2.18. The standard InChI is InChI=1S/C40H58N10O10S/c41-39(42)46-29-12-10-11-28(23-29)37(57)49-50-40(60)48-30(24-35(54)55)26-16-18-27(19-17-26)36(56)45-22-9-2-5-14-33(52)43-20-7-1-4-13-32(51)44-21-8-3-6-15-34(53)47-31(25-61)38(58)59/h10-12,16-19,23,30-31,61H,1-9,13-15,20-22,24-25H2,(H,43,52)(H,44,51)(H,45,56)(H,47,53)(H,49,57)(H,54,55)(H,58,59)(H4,41,42,46)(H2,48,50,60)/t30-,31+/m0/s1. The first-order valence-electron chi connectivity index (χ1n) is 20.0. The van der Waals surface area contributed by atoms with Gasteiger partial charge in [0.25, 0.3) is 11.8 Å². The highest BCUT2D eigenvalue weighted by Gasteiger charge is 2.20. The van der Waals surface area contributed by atoms with Crippen molar-refractivity contribution in [3.05, 3.63) is 65.2 Å². The van der Waals surface area contributed by atoms with Gasteiger partial charge in [-0.15, -0.1) is 0 Å². The lowest BCUT2D eigenvalue weighted by atomic mass is 10.0. The number of amides is 7. The minimum Gasteiger partial charge on any atom is -0.481 e. The molecular formula is C40H58N10O10S. The molecule has 2 aromatic carbocycles. The smallest absolute Gasteiger partial charge is 0.333 e. The van der Waals surface area contributed by atoms with E-state index in [1.54, 1.807) is 12.1 Å². The largest absolute Gasteiger partial charge is 0.481 e. The molecule has 0 aliphatic heterocycles. The van der Waals surface area contributed by atoms with E-state index in [2.05, 4.69) is 55.1 Å². The van der Waals surface area contributed by atoms with Crippen LogP contribution in [0.2, 0.25) is 0 Å². The van der Waals surface area contributed by atoms with Gasteiger partial charge in [-0.1, -0.05) is 37.5 Å². The number of nitrogens with one attached hydrogen (secondary N) is 7. The number of nitrogens with zero attached hydrogens (tertiary/aromatic N) is 1. The number of thiol groups is 1. The summed E-state index contributed by atoms with van der Waals surface area (Å²) < 4.78 is 0. The number of aliphatic carboxylic acids is 2. The molecule has 13 N–H and O–H groups in total. The van der Waals surface area contributed by atoms with E-state index in [1.165, 1.54) is 36.4 Å². The van der Waals surface area contributed by atoms with Crippen molar-refractivity contribution in [2.75, 3.05) is 25.4 Å². The van der Waals surface area contributed by atoms with Gasteiger partial charge in [-0.25, -0.2) is 20.0 Å². The Kier molecular flexibility index (Phi) is 24.1. The van der Waals surface area contributed by atoms with Gasteiger partial charge in [0.1, 0.15) is 6.04 Å². The van der Waals surface area contributed by atoms with Crippen LogP contribution in [0.25, 0.3) is 0 Å². The number of carboxylic acids is 2. The molecule has 0 aromatic heterocycles. The third-order valence-corrected chi connectivity index (χ3v) is 9.27. The number of unbranched alkanes of at least 4 members (excludes halogenated alkanes) is 6. The molecule has 7 amide bonds. The Morgan fingerprint density at radius 1 is 0.623 bits per heavy atom. The number of carbonyl (C=O) groups is 8. The second-order valence-corrected chi connectivity index (χ2v) is 14.3. The maximum Gasteiger partial charge on any atom is 0.333 e. The van der Waals surface area contributed by atoms with Crippen molar-refractivity contribution in [2.45, 2.75) is 95.6 Å². The van der Waals surface area contributed by atoms with Crippen LogP contribution in [0.5, 0.6) is 0 Å². The molecule has 20 nitrogen and oxygen atoms in total. The molecule has 0 bridgehead atoms. The second kappa shape index (κ2) is 28.9. The quantitative estimate of drug-likeness (QED) is 0.0192. The van der Waals surface area contributed by atoms with Crippen molar-refractivity contribution in [3.63, 3.8) is 0 Å². The fourth-order valence-electron chi connectivity index (χ4n) is 5.69. The summed E-state index contributed by atoms with van der Waals surface area (Å²) in [5, 5.41) is 31.8. The zero-order valence-corrected chi connectivity index (χ0v) is 34.9. The Hall–Kier alpha value is -6.38. The highest BCUT2D eigenvalue weighted by molar-refractivity contribution is 7.80. The summed E-state index contributed by atoms with van der Waals surface area (Å²) >= 11 is 3.91. The summed E-state index contributed by atoms with van der Waals surface area (Å²) in [6.45, 7) is 1.40. The number of hydrazine groups is 1. The highest BCUT2D eigenvalue weighted by Crippen LogP contribution is 2.18. The predicted octanol–water partition coefficient (Wildman–Crippen LogP) is 1.89. The number of guanidine groups is 1. The Labute approximate surface area is 359 Å². The first-order valence-corrected chi connectivity index (χ1v) is 20.6. The average molecular weight is 871 g/mol. The normalized spacial score (nSPS) is 11.5. The summed E-state index contributed by atoms with van der Waals surface area (Å²) in [6.07, 6.45) is 6.74. The monoisotopic (exact) mass is 870 g/mol. The van der Waals surface area contributed by atoms with Gasteiger partial charge >= 0.3 is 18.0 Å². The summed E-state index contributed by atoms with van der Waals surface area (Å²) in [6, 6.07) is 9.20. The second-order valence-electron chi connectivity index (χ2n) is 13.9. The number of hydrogen-bond acceptors (Lipinski definition) is 10. The van der Waals surface area contributed by atoms with Crippen molar-refractivity contribution < 1.29 is 48.6 Å². The summed E-state index contributed by atoms with van der Waals surface area (Å²) in [4.78, 5) is 100. The van der Waals surface area contributed by atoms with Crippen LogP contribution in [0.15, 0.2) is 53.5 Å². The molecule has 2 aromatic rings. The van der Waals surface area contributed by atoms with Crippen molar-refractivity contribution in [3.8, 4) is 0 Å². The Morgan fingerprint density at radius 3 is 1.70 bits per heavy atom. The Balaban J connectivity index is 1.56. The molecule has 2 atom stereocenters. The van der Waals surface area contributed by atoms with Gasteiger partial charge in [0.2, 0.25) is 17.7 Å². The van der Waals surface area contributed by atoms with Crippen molar-refractivity contribution in [2.24, 2.45) is 16.5 Å². The maximum absolute atomic E-state index is 12.7. The predicted molar refractivity (Wildman–Crippen MR) is 230 cm³/mol. The van der Waals surface area contributed by atoms with E-state index in [0.717, 1.165) is 25.7 Å². The average Bonchev–Trinajstić information content (AvgIpc) is 3.22. The van der Waals surface area contributed by atoms with E-state index in [4.69, 9.17) is 16.6 Å². The van der Waals surface area contributed by atoms with E-state index >= 15 is 0 Å².